The second-order valence-corrected chi connectivity index (χ2v) is 5.46. The van der Waals surface area contributed by atoms with E-state index in [9.17, 15) is 0 Å². The van der Waals surface area contributed by atoms with Crippen molar-refractivity contribution in [2.75, 3.05) is 0 Å². The third-order valence-corrected chi connectivity index (χ3v) is 3.89. The van der Waals surface area contributed by atoms with Crippen molar-refractivity contribution in [1.29, 1.82) is 0 Å². The maximum absolute atomic E-state index is 8.62. The molecule has 4 nitrogen and oxygen atoms in total. The zero-order valence-corrected chi connectivity index (χ0v) is 10.9. The molecule has 1 aliphatic rings. The molecule has 1 fully saturated rings. The topological polar surface area (TPSA) is 61.9 Å². The monoisotopic (exact) mass is 253 g/mol. The lowest BCUT2D eigenvalue weighted by Gasteiger charge is -2.28. The normalized spacial score (nSPS) is 18.6. The maximum atomic E-state index is 8.62. The van der Waals surface area contributed by atoms with Crippen LogP contribution in [0.1, 0.15) is 31.7 Å². The first kappa shape index (κ1) is 12.4. The lowest BCUT2D eigenvalue weighted by atomic mass is 10.1. The Morgan fingerprint density at radius 2 is 2.47 bits per heavy atom. The van der Waals surface area contributed by atoms with Crippen LogP contribution in [0.25, 0.3) is 0 Å². The number of rotatable bonds is 6. The van der Waals surface area contributed by atoms with Gasteiger partial charge in [0.1, 0.15) is 5.84 Å². The van der Waals surface area contributed by atoms with Crippen LogP contribution in [0.5, 0.6) is 0 Å². The summed E-state index contributed by atoms with van der Waals surface area (Å²) in [5, 5.41) is 16.0. The van der Waals surface area contributed by atoms with Gasteiger partial charge in [0.2, 0.25) is 0 Å². The quantitative estimate of drug-likeness (QED) is 0.354. The molecule has 3 N–H and O–H groups in total. The van der Waals surface area contributed by atoms with E-state index in [0.29, 0.717) is 24.3 Å². The van der Waals surface area contributed by atoms with E-state index < -0.39 is 0 Å². The summed E-state index contributed by atoms with van der Waals surface area (Å²) in [5.41, 5.74) is 6.94. The van der Waals surface area contributed by atoms with E-state index >= 15 is 0 Å². The van der Waals surface area contributed by atoms with Crippen molar-refractivity contribution in [2.45, 2.75) is 44.8 Å². The molecule has 1 atom stereocenters. The Bertz CT molecular complexity index is 373. The lowest BCUT2D eigenvalue weighted by molar-refractivity contribution is 0.192. The van der Waals surface area contributed by atoms with Gasteiger partial charge in [-0.05, 0) is 42.2 Å². The van der Waals surface area contributed by atoms with E-state index in [0.717, 1.165) is 6.54 Å². The molecular formula is C12H19N3OS. The molecule has 1 aliphatic carbocycles. The molecule has 1 aromatic heterocycles. The molecule has 1 heterocycles. The molecule has 0 bridgehead atoms. The summed E-state index contributed by atoms with van der Waals surface area (Å²) in [5.74, 6) is 0.313. The third-order valence-electron chi connectivity index (χ3n) is 3.16. The molecule has 1 saturated carbocycles. The fourth-order valence-corrected chi connectivity index (χ4v) is 2.77. The van der Waals surface area contributed by atoms with Gasteiger partial charge in [0.25, 0.3) is 0 Å². The molecule has 17 heavy (non-hydrogen) atoms. The third kappa shape index (κ3) is 3.44. The van der Waals surface area contributed by atoms with Crippen LogP contribution in [0.4, 0.5) is 0 Å². The number of nitrogens with zero attached hydrogens (tertiary/aromatic N) is 2. The lowest BCUT2D eigenvalue weighted by Crippen LogP contribution is -2.37. The van der Waals surface area contributed by atoms with E-state index in [-0.39, 0.29) is 0 Å². The molecular weight excluding hydrogens is 234 g/mol. The van der Waals surface area contributed by atoms with E-state index in [2.05, 4.69) is 33.8 Å². The highest BCUT2D eigenvalue weighted by Gasteiger charge is 2.32. The van der Waals surface area contributed by atoms with Crippen molar-refractivity contribution < 1.29 is 5.21 Å². The molecule has 0 aromatic carbocycles. The van der Waals surface area contributed by atoms with Gasteiger partial charge in [0, 0.05) is 25.0 Å². The SMILES string of the molecule is CC(C/C(N)=N/O)N(Cc1ccsc1)C1CC1. The fourth-order valence-electron chi connectivity index (χ4n) is 2.11. The Morgan fingerprint density at radius 3 is 3.00 bits per heavy atom. The van der Waals surface area contributed by atoms with Gasteiger partial charge >= 0.3 is 0 Å². The minimum absolute atomic E-state index is 0.313. The Kier molecular flexibility index (Phi) is 4.02. The molecule has 0 saturated heterocycles. The van der Waals surface area contributed by atoms with E-state index in [4.69, 9.17) is 10.9 Å². The molecule has 1 unspecified atom stereocenters. The zero-order chi connectivity index (χ0) is 12.3. The molecule has 0 aliphatic heterocycles. The standard InChI is InChI=1S/C12H19N3OS/c1-9(6-12(13)14-16)15(11-2-3-11)7-10-4-5-17-8-10/h4-5,8-9,11,16H,2-3,6-7H2,1H3,(H2,13,14). The van der Waals surface area contributed by atoms with Crippen LogP contribution in [0, 0.1) is 0 Å². The van der Waals surface area contributed by atoms with Crippen molar-refractivity contribution in [3.05, 3.63) is 22.4 Å². The molecule has 2 rings (SSSR count). The fraction of sp³-hybridized carbons (Fsp3) is 0.583. The van der Waals surface area contributed by atoms with E-state index in [1.807, 2.05) is 0 Å². The Balaban J connectivity index is 1.96. The van der Waals surface area contributed by atoms with Crippen molar-refractivity contribution in [3.63, 3.8) is 0 Å². The van der Waals surface area contributed by atoms with Crippen LogP contribution in [0.3, 0.4) is 0 Å². The first-order valence-corrected chi connectivity index (χ1v) is 6.88. The molecule has 0 amide bonds. The van der Waals surface area contributed by atoms with Gasteiger partial charge in [-0.15, -0.1) is 0 Å². The summed E-state index contributed by atoms with van der Waals surface area (Å²) in [7, 11) is 0. The largest absolute Gasteiger partial charge is 0.409 e. The van der Waals surface area contributed by atoms with Crippen LogP contribution in [-0.4, -0.2) is 28.0 Å². The van der Waals surface area contributed by atoms with Gasteiger partial charge in [-0.25, -0.2) is 0 Å². The molecule has 0 radical (unpaired) electrons. The van der Waals surface area contributed by atoms with Crippen molar-refractivity contribution in [2.24, 2.45) is 10.9 Å². The summed E-state index contributed by atoms with van der Waals surface area (Å²) in [6, 6.07) is 3.16. The number of hydrogen-bond acceptors (Lipinski definition) is 4. The van der Waals surface area contributed by atoms with Gasteiger partial charge in [-0.3, -0.25) is 4.90 Å². The van der Waals surface area contributed by atoms with Crippen LogP contribution in [0.15, 0.2) is 22.0 Å². The average Bonchev–Trinajstić information content (AvgIpc) is 3.03. The molecule has 5 heteroatoms. The first-order chi connectivity index (χ1) is 8.20. The predicted octanol–water partition coefficient (Wildman–Crippen LogP) is 2.24. The molecule has 1 aromatic rings. The summed E-state index contributed by atoms with van der Waals surface area (Å²) in [4.78, 5) is 2.46. The second kappa shape index (κ2) is 5.51. The van der Waals surface area contributed by atoms with Crippen molar-refractivity contribution in [1.82, 2.24) is 4.90 Å². The first-order valence-electron chi connectivity index (χ1n) is 5.94. The number of amidine groups is 1. The van der Waals surface area contributed by atoms with Gasteiger partial charge in [0.05, 0.1) is 0 Å². The summed E-state index contributed by atoms with van der Waals surface area (Å²) in [6.07, 6.45) is 3.16. The molecule has 0 spiro atoms. The van der Waals surface area contributed by atoms with Gasteiger partial charge < -0.3 is 10.9 Å². The zero-order valence-electron chi connectivity index (χ0n) is 10.0. The average molecular weight is 253 g/mol. The Hall–Kier alpha value is -1.07. The van der Waals surface area contributed by atoms with Crippen LogP contribution < -0.4 is 5.73 Å². The highest BCUT2D eigenvalue weighted by Crippen LogP contribution is 2.31. The smallest absolute Gasteiger partial charge is 0.140 e. The number of hydrogen-bond donors (Lipinski definition) is 2. The minimum Gasteiger partial charge on any atom is -0.409 e. The summed E-state index contributed by atoms with van der Waals surface area (Å²) < 4.78 is 0. The van der Waals surface area contributed by atoms with Gasteiger partial charge in [0.15, 0.2) is 0 Å². The van der Waals surface area contributed by atoms with Crippen LogP contribution in [0.2, 0.25) is 0 Å². The van der Waals surface area contributed by atoms with Crippen molar-refractivity contribution >= 4 is 17.2 Å². The second-order valence-electron chi connectivity index (χ2n) is 4.68. The predicted molar refractivity (Wildman–Crippen MR) is 70.4 cm³/mol. The number of nitrogens with two attached hydrogens (primary N) is 1. The number of oxime groups is 1. The van der Waals surface area contributed by atoms with Crippen LogP contribution in [-0.2, 0) is 6.54 Å². The van der Waals surface area contributed by atoms with E-state index in [1.54, 1.807) is 11.3 Å². The minimum atomic E-state index is 0.313. The van der Waals surface area contributed by atoms with Crippen molar-refractivity contribution in [3.8, 4) is 0 Å². The maximum Gasteiger partial charge on any atom is 0.140 e. The highest BCUT2D eigenvalue weighted by atomic mass is 32.1. The van der Waals surface area contributed by atoms with Gasteiger partial charge in [-0.2, -0.15) is 11.3 Å². The van der Waals surface area contributed by atoms with Gasteiger partial charge in [-0.1, -0.05) is 5.16 Å². The van der Waals surface area contributed by atoms with Crippen LogP contribution >= 0.6 is 11.3 Å². The van der Waals surface area contributed by atoms with E-state index in [1.165, 1.54) is 18.4 Å². The Labute approximate surface area is 106 Å². The highest BCUT2D eigenvalue weighted by molar-refractivity contribution is 7.07. The Morgan fingerprint density at radius 1 is 1.71 bits per heavy atom. The number of thiophene rings is 1. The summed E-state index contributed by atoms with van der Waals surface area (Å²) in [6.45, 7) is 3.11. The summed E-state index contributed by atoms with van der Waals surface area (Å²) >= 11 is 1.73. The molecule has 94 valence electrons.